The average Bonchev–Trinajstić information content (AvgIpc) is 2.69. The minimum atomic E-state index is -0.450. The van der Waals surface area contributed by atoms with E-state index in [0.29, 0.717) is 19.0 Å². The van der Waals surface area contributed by atoms with Gasteiger partial charge in [-0.15, -0.1) is 0 Å². The van der Waals surface area contributed by atoms with E-state index in [1.165, 1.54) is 11.3 Å². The lowest BCUT2D eigenvalue weighted by Gasteiger charge is -2.30. The third-order valence-corrected chi connectivity index (χ3v) is 3.27. The first-order valence-corrected chi connectivity index (χ1v) is 7.29. The molecule has 0 aromatic carbocycles. The maximum atomic E-state index is 12.2. The van der Waals surface area contributed by atoms with E-state index in [1.54, 1.807) is 4.90 Å². The van der Waals surface area contributed by atoms with Gasteiger partial charge in [-0.1, -0.05) is 13.8 Å². The van der Waals surface area contributed by atoms with E-state index in [4.69, 9.17) is 4.74 Å². The molecule has 0 spiro atoms. The molecule has 112 valence electrons. The van der Waals surface area contributed by atoms with Crippen LogP contribution in [0.4, 0.5) is 4.79 Å². The molecule has 0 unspecified atom stereocenters. The van der Waals surface area contributed by atoms with E-state index in [-0.39, 0.29) is 6.09 Å². The summed E-state index contributed by atoms with van der Waals surface area (Å²) in [5, 5.41) is 7.51. The zero-order valence-electron chi connectivity index (χ0n) is 13.1. The standard InChI is InChI=1S/C15H25N3O2/c1-10(2)8-13-11-9-18(7-6-12(11)16-17-13)14(19)20-15(3,4)5/h10H,6-9H2,1-5H3,(H,16,17). The molecule has 0 fully saturated rings. The fourth-order valence-corrected chi connectivity index (χ4v) is 2.39. The Morgan fingerprint density at radius 2 is 2.15 bits per heavy atom. The lowest BCUT2D eigenvalue weighted by Crippen LogP contribution is -2.40. The quantitative estimate of drug-likeness (QED) is 0.905. The summed E-state index contributed by atoms with van der Waals surface area (Å²) in [6.07, 6.45) is 1.52. The number of H-pyrrole nitrogens is 1. The van der Waals surface area contributed by atoms with Gasteiger partial charge < -0.3 is 9.64 Å². The molecule has 1 aliphatic rings. The Bertz CT molecular complexity index is 486. The van der Waals surface area contributed by atoms with Crippen molar-refractivity contribution in [2.75, 3.05) is 6.54 Å². The molecule has 1 aromatic rings. The van der Waals surface area contributed by atoms with E-state index in [9.17, 15) is 4.79 Å². The molecule has 1 N–H and O–H groups in total. The highest BCUT2D eigenvalue weighted by atomic mass is 16.6. The van der Waals surface area contributed by atoms with Crippen molar-refractivity contribution < 1.29 is 9.53 Å². The van der Waals surface area contributed by atoms with Crippen LogP contribution in [0.25, 0.3) is 0 Å². The number of carbonyl (C=O) groups excluding carboxylic acids is 1. The number of aromatic nitrogens is 2. The number of carbonyl (C=O) groups is 1. The summed E-state index contributed by atoms with van der Waals surface area (Å²) < 4.78 is 5.45. The predicted octanol–water partition coefficient (Wildman–Crippen LogP) is 2.90. The summed E-state index contributed by atoms with van der Waals surface area (Å²) in [6.45, 7) is 11.3. The molecule has 1 aromatic heterocycles. The van der Waals surface area contributed by atoms with Crippen LogP contribution in [0.3, 0.4) is 0 Å². The maximum absolute atomic E-state index is 12.2. The van der Waals surface area contributed by atoms with Crippen LogP contribution in [0.2, 0.25) is 0 Å². The van der Waals surface area contributed by atoms with Crippen LogP contribution in [-0.4, -0.2) is 33.3 Å². The van der Waals surface area contributed by atoms with E-state index < -0.39 is 5.60 Å². The molecule has 0 saturated heterocycles. The first kappa shape index (κ1) is 14.9. The van der Waals surface area contributed by atoms with Gasteiger partial charge in [0.25, 0.3) is 0 Å². The van der Waals surface area contributed by atoms with Crippen LogP contribution in [0.15, 0.2) is 0 Å². The molecule has 5 heteroatoms. The third-order valence-electron chi connectivity index (χ3n) is 3.27. The average molecular weight is 279 g/mol. The van der Waals surface area contributed by atoms with Gasteiger partial charge in [-0.05, 0) is 33.1 Å². The van der Waals surface area contributed by atoms with Crippen molar-refractivity contribution in [3.8, 4) is 0 Å². The first-order valence-electron chi connectivity index (χ1n) is 7.29. The van der Waals surface area contributed by atoms with Crippen molar-refractivity contribution in [1.82, 2.24) is 15.1 Å². The van der Waals surface area contributed by atoms with Gasteiger partial charge in [0.1, 0.15) is 5.60 Å². The number of hydrogen-bond acceptors (Lipinski definition) is 3. The SMILES string of the molecule is CC(C)Cc1n[nH]c2c1CN(C(=O)OC(C)(C)C)CC2. The smallest absolute Gasteiger partial charge is 0.410 e. The topological polar surface area (TPSA) is 58.2 Å². The van der Waals surface area contributed by atoms with Gasteiger partial charge in [0.05, 0.1) is 12.2 Å². The third kappa shape index (κ3) is 3.52. The summed E-state index contributed by atoms with van der Waals surface area (Å²) in [6, 6.07) is 0. The number of nitrogens with zero attached hydrogens (tertiary/aromatic N) is 2. The van der Waals surface area contributed by atoms with Gasteiger partial charge in [0.15, 0.2) is 0 Å². The van der Waals surface area contributed by atoms with Crippen LogP contribution >= 0.6 is 0 Å². The summed E-state index contributed by atoms with van der Waals surface area (Å²) in [4.78, 5) is 13.9. The fraction of sp³-hybridized carbons (Fsp3) is 0.733. The van der Waals surface area contributed by atoms with Crippen molar-refractivity contribution in [3.63, 3.8) is 0 Å². The van der Waals surface area contributed by atoms with Gasteiger partial charge in [0.2, 0.25) is 0 Å². The molecule has 0 saturated carbocycles. The van der Waals surface area contributed by atoms with Gasteiger partial charge in [-0.2, -0.15) is 5.10 Å². The zero-order chi connectivity index (χ0) is 14.9. The van der Waals surface area contributed by atoms with Gasteiger partial charge >= 0.3 is 6.09 Å². The van der Waals surface area contributed by atoms with Gasteiger partial charge in [0, 0.05) is 24.2 Å². The summed E-state index contributed by atoms with van der Waals surface area (Å²) in [5.41, 5.74) is 2.98. The fourth-order valence-electron chi connectivity index (χ4n) is 2.39. The van der Waals surface area contributed by atoms with Crippen LogP contribution in [0.5, 0.6) is 0 Å². The van der Waals surface area contributed by atoms with Crippen LogP contribution < -0.4 is 0 Å². The number of hydrogen-bond donors (Lipinski definition) is 1. The molecule has 1 aliphatic heterocycles. The van der Waals surface area contributed by atoms with Crippen molar-refractivity contribution in [1.29, 1.82) is 0 Å². The van der Waals surface area contributed by atoms with E-state index in [2.05, 4.69) is 24.0 Å². The van der Waals surface area contributed by atoms with E-state index in [0.717, 1.165) is 18.5 Å². The monoisotopic (exact) mass is 279 g/mol. The second-order valence-electron chi connectivity index (χ2n) is 6.88. The second kappa shape index (κ2) is 5.46. The Labute approximate surface area is 120 Å². The van der Waals surface area contributed by atoms with E-state index >= 15 is 0 Å². The summed E-state index contributed by atoms with van der Waals surface area (Å²) >= 11 is 0. The largest absolute Gasteiger partial charge is 0.444 e. The van der Waals surface area contributed by atoms with Crippen molar-refractivity contribution in [3.05, 3.63) is 17.0 Å². The molecule has 20 heavy (non-hydrogen) atoms. The molecule has 0 bridgehead atoms. The molecule has 2 heterocycles. The molecular formula is C15H25N3O2. The molecule has 5 nitrogen and oxygen atoms in total. The number of rotatable bonds is 2. The normalized spacial score (nSPS) is 15.4. The Morgan fingerprint density at radius 1 is 1.45 bits per heavy atom. The lowest BCUT2D eigenvalue weighted by molar-refractivity contribution is 0.0223. The predicted molar refractivity (Wildman–Crippen MR) is 77.5 cm³/mol. The maximum Gasteiger partial charge on any atom is 0.410 e. The number of fused-ring (bicyclic) bond motifs is 1. The molecular weight excluding hydrogens is 254 g/mol. The van der Waals surface area contributed by atoms with Crippen LogP contribution in [0, 0.1) is 5.92 Å². The van der Waals surface area contributed by atoms with Crippen LogP contribution in [0.1, 0.15) is 51.6 Å². The molecule has 0 radical (unpaired) electrons. The summed E-state index contributed by atoms with van der Waals surface area (Å²) in [7, 11) is 0. The molecule has 0 aliphatic carbocycles. The number of aromatic amines is 1. The zero-order valence-corrected chi connectivity index (χ0v) is 13.1. The lowest BCUT2D eigenvalue weighted by atomic mass is 10.00. The number of nitrogens with one attached hydrogen (secondary N) is 1. The minimum absolute atomic E-state index is 0.236. The van der Waals surface area contributed by atoms with Crippen molar-refractivity contribution in [2.45, 2.75) is 59.6 Å². The minimum Gasteiger partial charge on any atom is -0.444 e. The first-order chi connectivity index (χ1) is 9.26. The Kier molecular flexibility index (Phi) is 4.06. The van der Waals surface area contributed by atoms with E-state index in [1.807, 2.05) is 20.8 Å². The molecule has 1 amide bonds. The van der Waals surface area contributed by atoms with Crippen LogP contribution in [-0.2, 0) is 24.1 Å². The Morgan fingerprint density at radius 3 is 2.75 bits per heavy atom. The highest BCUT2D eigenvalue weighted by Gasteiger charge is 2.28. The highest BCUT2D eigenvalue weighted by molar-refractivity contribution is 5.68. The highest BCUT2D eigenvalue weighted by Crippen LogP contribution is 2.23. The number of ether oxygens (including phenoxy) is 1. The summed E-state index contributed by atoms with van der Waals surface area (Å²) in [5.74, 6) is 0.555. The number of amides is 1. The second-order valence-corrected chi connectivity index (χ2v) is 6.88. The molecule has 0 atom stereocenters. The van der Waals surface area contributed by atoms with Gasteiger partial charge in [-0.25, -0.2) is 4.79 Å². The van der Waals surface area contributed by atoms with Crippen molar-refractivity contribution in [2.24, 2.45) is 5.92 Å². The van der Waals surface area contributed by atoms with Gasteiger partial charge in [-0.3, -0.25) is 5.10 Å². The molecule has 2 rings (SSSR count). The Hall–Kier alpha value is -1.52. The van der Waals surface area contributed by atoms with Crippen molar-refractivity contribution >= 4 is 6.09 Å². The Balaban J connectivity index is 2.09.